The summed E-state index contributed by atoms with van der Waals surface area (Å²) in [6.45, 7) is 3.83. The van der Waals surface area contributed by atoms with Crippen LogP contribution in [0.4, 0.5) is 5.69 Å². The normalized spacial score (nSPS) is 16.7. The quantitative estimate of drug-likeness (QED) is 0.638. The van der Waals surface area contributed by atoms with E-state index in [1.165, 1.54) is 39.7 Å². The number of benzene rings is 1. The number of nitrogens with zero attached hydrogens (tertiary/aromatic N) is 1. The van der Waals surface area contributed by atoms with Crippen molar-refractivity contribution in [1.82, 2.24) is 0 Å². The minimum absolute atomic E-state index is 0.00454. The van der Waals surface area contributed by atoms with Gasteiger partial charge in [-0.3, -0.25) is 9.79 Å². The SMILES string of the molecule is COC(=O)c1cc(OC)c(OC)cc1N=CC1=C(O)CC(C)(C)CC1=O. The molecule has 26 heavy (non-hydrogen) atoms. The van der Waals surface area contributed by atoms with Crippen molar-refractivity contribution in [2.75, 3.05) is 21.3 Å². The molecule has 1 N–H and O–H groups in total. The van der Waals surface area contributed by atoms with Gasteiger partial charge in [0.15, 0.2) is 17.3 Å². The molecule has 140 valence electrons. The number of ketones is 1. The number of Topliss-reactive ketones (excluding diaryl/α,β-unsaturated/α-hetero) is 1. The van der Waals surface area contributed by atoms with Crippen LogP contribution in [0.3, 0.4) is 0 Å². The van der Waals surface area contributed by atoms with Crippen molar-refractivity contribution in [3.8, 4) is 11.5 Å². The number of methoxy groups -OCH3 is 3. The van der Waals surface area contributed by atoms with Gasteiger partial charge in [-0.1, -0.05) is 13.8 Å². The highest BCUT2D eigenvalue weighted by Crippen LogP contribution is 2.37. The number of carbonyl (C=O) groups is 2. The molecular weight excluding hydrogens is 338 g/mol. The Bertz CT molecular complexity index is 791. The second-order valence-corrected chi connectivity index (χ2v) is 6.78. The van der Waals surface area contributed by atoms with Crippen LogP contribution in [-0.2, 0) is 9.53 Å². The van der Waals surface area contributed by atoms with Crippen molar-refractivity contribution in [1.29, 1.82) is 0 Å². The summed E-state index contributed by atoms with van der Waals surface area (Å²) in [7, 11) is 4.17. The first-order valence-electron chi connectivity index (χ1n) is 8.06. The number of esters is 1. The highest BCUT2D eigenvalue weighted by molar-refractivity contribution is 6.15. The number of rotatable bonds is 5. The molecule has 1 aliphatic carbocycles. The Hall–Kier alpha value is -2.83. The minimum Gasteiger partial charge on any atom is -0.511 e. The maximum absolute atomic E-state index is 12.3. The second kappa shape index (κ2) is 7.59. The van der Waals surface area contributed by atoms with E-state index in [1.54, 1.807) is 0 Å². The number of ether oxygens (including phenoxy) is 3. The van der Waals surface area contributed by atoms with Crippen LogP contribution in [0.2, 0.25) is 0 Å². The fraction of sp³-hybridized carbons (Fsp3) is 0.421. The Morgan fingerprint density at radius 1 is 1.15 bits per heavy atom. The van der Waals surface area contributed by atoms with Gasteiger partial charge in [0.1, 0.15) is 5.76 Å². The van der Waals surface area contributed by atoms with Gasteiger partial charge in [-0.15, -0.1) is 0 Å². The summed E-state index contributed by atoms with van der Waals surface area (Å²) in [6.07, 6.45) is 1.98. The zero-order chi connectivity index (χ0) is 19.5. The van der Waals surface area contributed by atoms with Gasteiger partial charge in [-0.2, -0.15) is 0 Å². The van der Waals surface area contributed by atoms with E-state index in [4.69, 9.17) is 14.2 Å². The van der Waals surface area contributed by atoms with Crippen molar-refractivity contribution in [2.45, 2.75) is 26.7 Å². The molecule has 7 nitrogen and oxygen atoms in total. The molecule has 0 saturated heterocycles. The molecule has 0 fully saturated rings. The molecule has 0 bridgehead atoms. The van der Waals surface area contributed by atoms with E-state index in [-0.39, 0.29) is 33.8 Å². The summed E-state index contributed by atoms with van der Waals surface area (Å²) >= 11 is 0. The number of allylic oxidation sites excluding steroid dienone is 2. The first-order chi connectivity index (χ1) is 12.2. The van der Waals surface area contributed by atoms with Crippen LogP contribution < -0.4 is 9.47 Å². The van der Waals surface area contributed by atoms with E-state index in [1.807, 2.05) is 13.8 Å². The third-order valence-corrected chi connectivity index (χ3v) is 4.14. The van der Waals surface area contributed by atoms with E-state index in [9.17, 15) is 14.7 Å². The molecule has 0 amide bonds. The van der Waals surface area contributed by atoms with Gasteiger partial charge in [-0.25, -0.2) is 4.79 Å². The van der Waals surface area contributed by atoms with Gasteiger partial charge >= 0.3 is 5.97 Å². The van der Waals surface area contributed by atoms with Crippen LogP contribution in [0.15, 0.2) is 28.5 Å². The monoisotopic (exact) mass is 361 g/mol. The highest BCUT2D eigenvalue weighted by Gasteiger charge is 2.32. The Morgan fingerprint density at radius 3 is 2.31 bits per heavy atom. The van der Waals surface area contributed by atoms with Crippen molar-refractivity contribution in [2.24, 2.45) is 10.4 Å². The van der Waals surface area contributed by atoms with Crippen molar-refractivity contribution >= 4 is 23.7 Å². The van der Waals surface area contributed by atoms with E-state index in [0.29, 0.717) is 24.3 Å². The van der Waals surface area contributed by atoms with Crippen LogP contribution in [0.1, 0.15) is 37.0 Å². The molecule has 0 atom stereocenters. The summed E-state index contributed by atoms with van der Waals surface area (Å²) in [4.78, 5) is 28.6. The van der Waals surface area contributed by atoms with Crippen molar-refractivity contribution in [3.63, 3.8) is 0 Å². The smallest absolute Gasteiger partial charge is 0.340 e. The van der Waals surface area contributed by atoms with Gasteiger partial charge in [-0.05, 0) is 5.41 Å². The molecule has 1 aliphatic rings. The average Bonchev–Trinajstić information content (AvgIpc) is 2.58. The second-order valence-electron chi connectivity index (χ2n) is 6.78. The van der Waals surface area contributed by atoms with Crippen LogP contribution in [-0.4, -0.2) is 44.4 Å². The number of aliphatic imine (C=N–C) groups is 1. The standard InChI is InChI=1S/C19H23NO6/c1-19(2)8-14(21)12(15(22)9-19)10-20-13-7-17(25-4)16(24-3)6-11(13)18(23)26-5/h6-7,10,21H,8-9H2,1-5H3. The Morgan fingerprint density at radius 2 is 1.77 bits per heavy atom. The number of carbonyl (C=O) groups excluding carboxylic acids is 2. The first-order valence-corrected chi connectivity index (χ1v) is 8.06. The van der Waals surface area contributed by atoms with Crippen LogP contribution in [0.25, 0.3) is 0 Å². The molecule has 0 aliphatic heterocycles. The van der Waals surface area contributed by atoms with Crippen LogP contribution >= 0.6 is 0 Å². The van der Waals surface area contributed by atoms with E-state index in [2.05, 4.69) is 4.99 Å². The average molecular weight is 361 g/mol. The fourth-order valence-electron chi connectivity index (χ4n) is 2.83. The lowest BCUT2D eigenvalue weighted by atomic mass is 9.77. The largest absolute Gasteiger partial charge is 0.511 e. The molecular formula is C19H23NO6. The van der Waals surface area contributed by atoms with E-state index in [0.717, 1.165) is 0 Å². The number of hydrogen-bond acceptors (Lipinski definition) is 7. The zero-order valence-electron chi connectivity index (χ0n) is 15.6. The maximum atomic E-state index is 12.3. The molecule has 0 unspecified atom stereocenters. The summed E-state index contributed by atoms with van der Waals surface area (Å²) < 4.78 is 15.2. The van der Waals surface area contributed by atoms with Crippen LogP contribution in [0, 0.1) is 5.41 Å². The Balaban J connectivity index is 2.49. The molecule has 7 heteroatoms. The van der Waals surface area contributed by atoms with Gasteiger partial charge in [0.25, 0.3) is 0 Å². The molecule has 0 spiro atoms. The van der Waals surface area contributed by atoms with E-state index >= 15 is 0 Å². The van der Waals surface area contributed by atoms with E-state index < -0.39 is 5.97 Å². The van der Waals surface area contributed by atoms with Gasteiger partial charge in [0, 0.05) is 31.2 Å². The number of aliphatic hydroxyl groups excluding tert-OH is 1. The first kappa shape index (κ1) is 19.5. The third kappa shape index (κ3) is 4.04. The topological polar surface area (TPSA) is 94.4 Å². The molecule has 2 rings (SSSR count). The molecule has 0 saturated carbocycles. The summed E-state index contributed by atoms with van der Waals surface area (Å²) in [5, 5.41) is 10.2. The zero-order valence-corrected chi connectivity index (χ0v) is 15.6. The third-order valence-electron chi connectivity index (χ3n) is 4.14. The fourth-order valence-corrected chi connectivity index (χ4v) is 2.83. The summed E-state index contributed by atoms with van der Waals surface area (Å²) in [5.74, 6) is -0.0730. The molecule has 0 radical (unpaired) electrons. The summed E-state index contributed by atoms with van der Waals surface area (Å²) in [6, 6.07) is 2.97. The maximum Gasteiger partial charge on any atom is 0.340 e. The number of hydrogen-bond donors (Lipinski definition) is 1. The molecule has 0 aromatic heterocycles. The lowest BCUT2D eigenvalue weighted by Gasteiger charge is -2.28. The Labute approximate surface area is 152 Å². The van der Waals surface area contributed by atoms with Gasteiger partial charge < -0.3 is 19.3 Å². The molecule has 0 heterocycles. The predicted octanol–water partition coefficient (Wildman–Crippen LogP) is 3.39. The summed E-state index contributed by atoms with van der Waals surface area (Å²) in [5.41, 5.74) is 0.256. The number of aliphatic hydroxyl groups is 1. The van der Waals surface area contributed by atoms with Crippen molar-refractivity contribution in [3.05, 3.63) is 29.0 Å². The van der Waals surface area contributed by atoms with Gasteiger partial charge in [0.2, 0.25) is 0 Å². The predicted molar refractivity (Wildman–Crippen MR) is 96.7 cm³/mol. The highest BCUT2D eigenvalue weighted by atomic mass is 16.5. The van der Waals surface area contributed by atoms with Crippen LogP contribution in [0.5, 0.6) is 11.5 Å². The molecule has 1 aromatic carbocycles. The molecule has 1 aromatic rings. The Kier molecular flexibility index (Phi) is 5.69. The lowest BCUT2D eigenvalue weighted by molar-refractivity contribution is -0.117. The van der Waals surface area contributed by atoms with Crippen molar-refractivity contribution < 1.29 is 28.9 Å². The van der Waals surface area contributed by atoms with Gasteiger partial charge in [0.05, 0.1) is 38.2 Å². The minimum atomic E-state index is -0.604. The lowest BCUT2D eigenvalue weighted by Crippen LogP contribution is -2.26.